The normalized spacial score (nSPS) is 15.2. The number of ether oxygens (including phenoxy) is 1. The summed E-state index contributed by atoms with van der Waals surface area (Å²) in [6.07, 6.45) is 6.02. The number of rotatable bonds is 15. The van der Waals surface area contributed by atoms with Crippen LogP contribution in [0.3, 0.4) is 0 Å². The number of nitrogens with two attached hydrogens (primary N) is 1. The number of hydrogen-bond donors (Lipinski definition) is 4. The van der Waals surface area contributed by atoms with Crippen LogP contribution in [0.25, 0.3) is 0 Å². The van der Waals surface area contributed by atoms with Crippen LogP contribution in [0.2, 0.25) is 0 Å². The molecule has 0 aliphatic heterocycles. The Morgan fingerprint density at radius 2 is 1.70 bits per heavy atom. The number of benzene rings is 2. The van der Waals surface area contributed by atoms with Gasteiger partial charge in [0, 0.05) is 6.42 Å². The van der Waals surface area contributed by atoms with Crippen molar-refractivity contribution in [3.8, 4) is 5.75 Å². The first kappa shape index (κ1) is 35.0. The minimum absolute atomic E-state index is 0.0174. The summed E-state index contributed by atoms with van der Waals surface area (Å²) in [6.45, 7) is 7.16. The molecule has 2 aromatic rings. The van der Waals surface area contributed by atoms with Crippen molar-refractivity contribution >= 4 is 37.6 Å². The topological polar surface area (TPSA) is 174 Å². The van der Waals surface area contributed by atoms with Crippen molar-refractivity contribution in [3.63, 3.8) is 0 Å². The summed E-state index contributed by atoms with van der Waals surface area (Å²) in [5.41, 5.74) is 7.39. The van der Waals surface area contributed by atoms with Crippen molar-refractivity contribution in [1.82, 2.24) is 5.32 Å². The molecule has 238 valence electrons. The summed E-state index contributed by atoms with van der Waals surface area (Å²) in [5.74, 6) is -0.0290. The van der Waals surface area contributed by atoms with Crippen LogP contribution in [-0.4, -0.2) is 41.4 Å². The molecule has 0 heterocycles. The lowest BCUT2D eigenvalue weighted by Gasteiger charge is -2.23. The molecular formula is C30H44N2O9P2. The van der Waals surface area contributed by atoms with E-state index in [1.165, 1.54) is 25.3 Å². The highest BCUT2D eigenvalue weighted by molar-refractivity contribution is 7.68. The van der Waals surface area contributed by atoms with E-state index >= 15 is 0 Å². The highest BCUT2D eigenvalue weighted by Gasteiger charge is 2.37. The van der Waals surface area contributed by atoms with Crippen molar-refractivity contribution in [2.45, 2.75) is 78.7 Å². The van der Waals surface area contributed by atoms with Crippen molar-refractivity contribution in [2.24, 2.45) is 11.7 Å². The summed E-state index contributed by atoms with van der Waals surface area (Å²) in [6, 6.07) is 7.56. The average Bonchev–Trinajstić information content (AvgIpc) is 2.94. The Labute approximate surface area is 253 Å². The Hall–Kier alpha value is -2.52. The van der Waals surface area contributed by atoms with Gasteiger partial charge in [-0.2, -0.15) is 0 Å². The first-order chi connectivity index (χ1) is 20.3. The van der Waals surface area contributed by atoms with E-state index in [4.69, 9.17) is 19.5 Å². The Morgan fingerprint density at radius 1 is 1.05 bits per heavy atom. The molecule has 1 unspecified atom stereocenters. The maximum absolute atomic E-state index is 13.4. The van der Waals surface area contributed by atoms with Crippen LogP contribution < -0.4 is 26.4 Å². The van der Waals surface area contributed by atoms with E-state index in [1.54, 1.807) is 52.0 Å². The molecule has 13 heteroatoms. The summed E-state index contributed by atoms with van der Waals surface area (Å²) >= 11 is 0. The molecule has 1 atom stereocenters. The van der Waals surface area contributed by atoms with E-state index in [2.05, 4.69) is 5.32 Å². The first-order valence-corrected chi connectivity index (χ1v) is 17.9. The number of amides is 2. The lowest BCUT2D eigenvalue weighted by Crippen LogP contribution is -2.31. The molecule has 1 aliphatic rings. The molecule has 1 fully saturated rings. The van der Waals surface area contributed by atoms with Crippen LogP contribution >= 0.6 is 15.2 Å². The van der Waals surface area contributed by atoms with Crippen LogP contribution in [0.4, 0.5) is 0 Å². The first-order valence-electron chi connectivity index (χ1n) is 14.7. The smallest absolute Gasteiger partial charge is 0.362 e. The van der Waals surface area contributed by atoms with E-state index in [0.29, 0.717) is 35.0 Å². The van der Waals surface area contributed by atoms with Gasteiger partial charge in [-0.1, -0.05) is 31.4 Å². The fourth-order valence-corrected chi connectivity index (χ4v) is 8.81. The number of primary amides is 1. The van der Waals surface area contributed by atoms with E-state index in [0.717, 1.165) is 12.8 Å². The molecule has 43 heavy (non-hydrogen) atoms. The van der Waals surface area contributed by atoms with Crippen LogP contribution in [0.1, 0.15) is 92.4 Å². The van der Waals surface area contributed by atoms with Gasteiger partial charge in [-0.25, -0.2) is 0 Å². The quantitative estimate of drug-likeness (QED) is 0.204. The van der Waals surface area contributed by atoms with Crippen LogP contribution in [0.5, 0.6) is 5.75 Å². The van der Waals surface area contributed by atoms with Gasteiger partial charge in [0.25, 0.3) is 5.91 Å². The number of carbonyl (C=O) groups is 2. The molecule has 1 aliphatic carbocycles. The second kappa shape index (κ2) is 15.5. The molecule has 2 aromatic carbocycles. The zero-order valence-corrected chi connectivity index (χ0v) is 27.1. The molecule has 0 radical (unpaired) electrons. The average molecular weight is 639 g/mol. The highest BCUT2D eigenvalue weighted by atomic mass is 31.2. The second-order valence-electron chi connectivity index (χ2n) is 10.9. The second-order valence-corrected chi connectivity index (χ2v) is 14.4. The van der Waals surface area contributed by atoms with Crippen LogP contribution in [-0.2, 0) is 29.4 Å². The molecule has 1 saturated carbocycles. The Balaban J connectivity index is 1.71. The Bertz CT molecular complexity index is 1380. The predicted molar refractivity (Wildman–Crippen MR) is 165 cm³/mol. The maximum atomic E-state index is 13.4. The van der Waals surface area contributed by atoms with E-state index < -0.39 is 32.4 Å². The third-order valence-electron chi connectivity index (χ3n) is 7.51. The molecule has 0 bridgehead atoms. The summed E-state index contributed by atoms with van der Waals surface area (Å²) < 4.78 is 42.5. The van der Waals surface area contributed by atoms with Crippen molar-refractivity contribution in [3.05, 3.63) is 52.6 Å². The van der Waals surface area contributed by atoms with Gasteiger partial charge >= 0.3 is 15.2 Å². The fourth-order valence-electron chi connectivity index (χ4n) is 5.41. The SMILES string of the molecule is CCOP(=O)(OCC)c1c(C)cc(CCC(=O)NC(C)c2ccc(OCC3CCCCC3)c(C(N)=O)c2)cc1P(=O)(O)O. The molecule has 0 saturated heterocycles. The molecule has 5 N–H and O–H groups in total. The van der Waals surface area contributed by atoms with Crippen molar-refractivity contribution in [1.29, 1.82) is 0 Å². The monoisotopic (exact) mass is 638 g/mol. The van der Waals surface area contributed by atoms with Gasteiger partial charge in [-0.3, -0.25) is 18.7 Å². The van der Waals surface area contributed by atoms with E-state index in [9.17, 15) is 28.5 Å². The number of hydrogen-bond acceptors (Lipinski definition) is 7. The molecule has 2 amide bonds. The third kappa shape index (κ3) is 9.48. The fraction of sp³-hybridized carbons (Fsp3) is 0.533. The number of aryl methyl sites for hydroxylation is 2. The zero-order chi connectivity index (χ0) is 31.8. The lowest BCUT2D eigenvalue weighted by atomic mass is 9.90. The van der Waals surface area contributed by atoms with Gasteiger partial charge in [0.15, 0.2) is 0 Å². The number of carbonyl (C=O) groups excluding carboxylic acids is 2. The maximum Gasteiger partial charge on any atom is 0.362 e. The molecular weight excluding hydrogens is 594 g/mol. The largest absolute Gasteiger partial charge is 0.492 e. The molecule has 3 rings (SSSR count). The van der Waals surface area contributed by atoms with Gasteiger partial charge in [0.1, 0.15) is 5.75 Å². The van der Waals surface area contributed by atoms with Gasteiger partial charge in [0.05, 0.1) is 42.0 Å². The van der Waals surface area contributed by atoms with E-state index in [1.807, 2.05) is 0 Å². The van der Waals surface area contributed by atoms with Crippen LogP contribution in [0, 0.1) is 12.8 Å². The lowest BCUT2D eigenvalue weighted by molar-refractivity contribution is -0.121. The Kier molecular flexibility index (Phi) is 12.6. The molecule has 0 spiro atoms. The van der Waals surface area contributed by atoms with Crippen molar-refractivity contribution < 1.29 is 42.3 Å². The zero-order valence-electron chi connectivity index (χ0n) is 25.3. The highest BCUT2D eigenvalue weighted by Crippen LogP contribution is 2.50. The minimum Gasteiger partial charge on any atom is -0.492 e. The van der Waals surface area contributed by atoms with Crippen LogP contribution in [0.15, 0.2) is 30.3 Å². The number of nitrogens with one attached hydrogen (secondary N) is 1. The summed E-state index contributed by atoms with van der Waals surface area (Å²) in [5, 5.41) is 2.31. The summed E-state index contributed by atoms with van der Waals surface area (Å²) in [4.78, 5) is 45.2. The van der Waals surface area contributed by atoms with Gasteiger partial charge in [-0.05, 0) is 87.8 Å². The molecule has 11 nitrogen and oxygen atoms in total. The minimum atomic E-state index is -4.87. The van der Waals surface area contributed by atoms with Gasteiger partial charge in [0.2, 0.25) is 5.91 Å². The van der Waals surface area contributed by atoms with E-state index in [-0.39, 0.29) is 42.8 Å². The standard InChI is InChI=1S/C30H44N2O9P2/c1-5-40-43(38,41-6-2)29-20(3)16-23(17-27(29)42(35,36)37)12-15-28(33)32-21(4)24-13-14-26(25(18-24)30(31)34)39-19-22-10-8-7-9-11-22/h13-14,16-18,21-22H,5-12,15,19H2,1-4H3,(H2,31,34)(H,32,33)(H2,35,36,37). The van der Waals surface area contributed by atoms with Gasteiger partial charge in [-0.15, -0.1) is 0 Å². The Morgan fingerprint density at radius 3 is 2.28 bits per heavy atom. The third-order valence-corrected chi connectivity index (χ3v) is 11.0. The van der Waals surface area contributed by atoms with Gasteiger partial charge < -0.3 is 34.6 Å². The summed E-state index contributed by atoms with van der Waals surface area (Å²) in [7, 11) is -8.87. The van der Waals surface area contributed by atoms with Crippen molar-refractivity contribution in [2.75, 3.05) is 19.8 Å². The molecule has 0 aromatic heterocycles. The predicted octanol–water partition coefficient (Wildman–Crippen LogP) is 4.56.